The highest BCUT2D eigenvalue weighted by atomic mass is 19.3. The molecule has 11 heteroatoms. The number of alkyl halides is 2. The van der Waals surface area contributed by atoms with Crippen LogP contribution < -0.4 is 10.2 Å². The maximum atomic E-state index is 14.8. The van der Waals surface area contributed by atoms with Crippen molar-refractivity contribution in [3.05, 3.63) is 53.4 Å². The summed E-state index contributed by atoms with van der Waals surface area (Å²) in [5.41, 5.74) is 1.63. The van der Waals surface area contributed by atoms with Gasteiger partial charge in [-0.1, -0.05) is 18.2 Å². The van der Waals surface area contributed by atoms with E-state index >= 15 is 0 Å². The van der Waals surface area contributed by atoms with Crippen LogP contribution in [0.1, 0.15) is 36.3 Å². The fraction of sp³-hybridized carbons (Fsp3) is 0.364. The van der Waals surface area contributed by atoms with Crippen molar-refractivity contribution < 1.29 is 17.9 Å². The van der Waals surface area contributed by atoms with Gasteiger partial charge in [0.25, 0.3) is 6.43 Å². The van der Waals surface area contributed by atoms with Gasteiger partial charge in [-0.05, 0) is 19.9 Å². The van der Waals surface area contributed by atoms with Crippen molar-refractivity contribution in [3.63, 3.8) is 0 Å². The first-order chi connectivity index (χ1) is 15.9. The Bertz CT molecular complexity index is 1320. The van der Waals surface area contributed by atoms with Crippen LogP contribution in [0.2, 0.25) is 0 Å². The van der Waals surface area contributed by atoms with E-state index in [0.717, 1.165) is 11.8 Å². The van der Waals surface area contributed by atoms with E-state index < -0.39 is 23.8 Å². The number of benzene rings is 1. The average Bonchev–Trinajstić information content (AvgIpc) is 3.29. The first kappa shape index (κ1) is 21.4. The number of aromatic nitrogens is 5. The van der Waals surface area contributed by atoms with Gasteiger partial charge in [-0.15, -0.1) is 10.2 Å². The number of rotatable bonds is 5. The Morgan fingerprint density at radius 1 is 1.09 bits per heavy atom. The molecule has 1 aromatic carbocycles. The normalized spacial score (nSPS) is 15.5. The van der Waals surface area contributed by atoms with Gasteiger partial charge < -0.3 is 15.0 Å². The number of nitrogens with zero attached hydrogens (tertiary/aromatic N) is 6. The first-order valence-electron chi connectivity index (χ1n) is 10.6. The van der Waals surface area contributed by atoms with Crippen LogP contribution in [0.5, 0.6) is 0 Å². The molecule has 8 nitrogen and oxygen atoms in total. The Morgan fingerprint density at radius 2 is 1.85 bits per heavy atom. The van der Waals surface area contributed by atoms with Crippen molar-refractivity contribution in [1.29, 1.82) is 0 Å². The molecule has 1 fully saturated rings. The lowest BCUT2D eigenvalue weighted by molar-refractivity contribution is 0.123. The monoisotopic (exact) mass is 457 g/mol. The predicted molar refractivity (Wildman–Crippen MR) is 117 cm³/mol. The number of halogens is 3. The topological polar surface area (TPSA) is 80.5 Å². The molecule has 0 radical (unpaired) electrons. The molecule has 1 N–H and O–H groups in total. The minimum Gasteiger partial charge on any atom is -0.378 e. The molecular weight excluding hydrogens is 435 g/mol. The summed E-state index contributed by atoms with van der Waals surface area (Å²) < 4.78 is 48.4. The highest BCUT2D eigenvalue weighted by Gasteiger charge is 2.23. The number of anilines is 2. The number of hydrogen-bond acceptors (Lipinski definition) is 7. The zero-order valence-electron chi connectivity index (χ0n) is 18.1. The molecule has 0 unspecified atom stereocenters. The largest absolute Gasteiger partial charge is 0.378 e. The van der Waals surface area contributed by atoms with E-state index in [0.29, 0.717) is 54.6 Å². The molecule has 4 aromatic rings. The third kappa shape index (κ3) is 3.82. The van der Waals surface area contributed by atoms with Gasteiger partial charge in [-0.3, -0.25) is 4.40 Å². The molecule has 1 aliphatic rings. The second-order valence-electron chi connectivity index (χ2n) is 7.93. The van der Waals surface area contributed by atoms with E-state index in [-0.39, 0.29) is 5.56 Å². The van der Waals surface area contributed by atoms with Crippen molar-refractivity contribution in [1.82, 2.24) is 24.6 Å². The van der Waals surface area contributed by atoms with E-state index in [1.165, 1.54) is 12.1 Å². The molecule has 1 atom stereocenters. The van der Waals surface area contributed by atoms with Crippen molar-refractivity contribution >= 4 is 28.2 Å². The minimum absolute atomic E-state index is 0.135. The van der Waals surface area contributed by atoms with E-state index in [1.54, 1.807) is 24.6 Å². The van der Waals surface area contributed by atoms with Crippen molar-refractivity contribution in [2.45, 2.75) is 26.3 Å². The number of morpholine rings is 1. The first-order valence-corrected chi connectivity index (χ1v) is 10.6. The maximum absolute atomic E-state index is 14.8. The van der Waals surface area contributed by atoms with Gasteiger partial charge in [-0.2, -0.15) is 0 Å². The molecule has 0 saturated carbocycles. The minimum atomic E-state index is -2.89. The van der Waals surface area contributed by atoms with Crippen molar-refractivity contribution in [2.24, 2.45) is 0 Å². The van der Waals surface area contributed by atoms with Crippen LogP contribution in [0.25, 0.3) is 16.7 Å². The third-order valence-corrected chi connectivity index (χ3v) is 5.79. The molecule has 172 valence electrons. The number of aryl methyl sites for hydroxylation is 1. The van der Waals surface area contributed by atoms with Crippen molar-refractivity contribution in [3.8, 4) is 0 Å². The predicted octanol–water partition coefficient (Wildman–Crippen LogP) is 4.07. The van der Waals surface area contributed by atoms with Gasteiger partial charge in [0.1, 0.15) is 23.8 Å². The van der Waals surface area contributed by atoms with Gasteiger partial charge in [-0.25, -0.2) is 23.1 Å². The molecule has 0 aliphatic carbocycles. The molecule has 0 spiro atoms. The number of hydrogen-bond donors (Lipinski definition) is 1. The Labute approximate surface area is 187 Å². The van der Waals surface area contributed by atoms with Crippen LogP contribution >= 0.6 is 0 Å². The van der Waals surface area contributed by atoms with Crippen LogP contribution in [0.15, 0.2) is 30.6 Å². The molecule has 1 aliphatic heterocycles. The van der Waals surface area contributed by atoms with E-state index in [1.807, 2.05) is 6.07 Å². The highest BCUT2D eigenvalue weighted by molar-refractivity contribution is 5.94. The lowest BCUT2D eigenvalue weighted by Crippen LogP contribution is -2.36. The summed E-state index contributed by atoms with van der Waals surface area (Å²) in [5, 5.41) is 12.2. The highest BCUT2D eigenvalue weighted by Crippen LogP contribution is 2.33. The molecule has 0 bridgehead atoms. The fourth-order valence-corrected chi connectivity index (χ4v) is 4.15. The van der Waals surface area contributed by atoms with E-state index in [9.17, 15) is 13.2 Å². The summed E-state index contributed by atoms with van der Waals surface area (Å²) in [6, 6.07) is 5.33. The maximum Gasteiger partial charge on any atom is 0.266 e. The summed E-state index contributed by atoms with van der Waals surface area (Å²) in [6.07, 6.45) is -1.30. The molecule has 1 saturated heterocycles. The quantitative estimate of drug-likeness (QED) is 0.484. The average molecular weight is 457 g/mol. The SMILES string of the molecule is Cc1nc(N[C@H](C)c2cccc(C(F)F)c2F)c2cc(N3CCOCC3)c3nncn3c2n1. The Balaban J connectivity index is 1.62. The van der Waals surface area contributed by atoms with Crippen LogP contribution in [0.3, 0.4) is 0 Å². The van der Waals surface area contributed by atoms with Crippen LogP contribution in [-0.2, 0) is 4.74 Å². The Kier molecular flexibility index (Phi) is 5.49. The second-order valence-corrected chi connectivity index (χ2v) is 7.93. The van der Waals surface area contributed by atoms with Crippen molar-refractivity contribution in [2.75, 3.05) is 36.5 Å². The number of ether oxygens (including phenoxy) is 1. The zero-order valence-corrected chi connectivity index (χ0v) is 18.1. The fourth-order valence-electron chi connectivity index (χ4n) is 4.15. The van der Waals surface area contributed by atoms with Crippen LogP contribution in [0.4, 0.5) is 24.7 Å². The summed E-state index contributed by atoms with van der Waals surface area (Å²) >= 11 is 0. The summed E-state index contributed by atoms with van der Waals surface area (Å²) in [6.45, 7) is 6.06. The number of nitrogens with one attached hydrogen (secondary N) is 1. The Hall–Kier alpha value is -3.47. The van der Waals surface area contributed by atoms with E-state index in [4.69, 9.17) is 4.74 Å². The molecule has 5 rings (SSSR count). The summed E-state index contributed by atoms with van der Waals surface area (Å²) in [5.74, 6) is 0.0443. The van der Waals surface area contributed by atoms with Gasteiger partial charge in [0.15, 0.2) is 11.3 Å². The second kappa shape index (κ2) is 8.47. The van der Waals surface area contributed by atoms with Gasteiger partial charge in [0.05, 0.1) is 35.9 Å². The van der Waals surface area contributed by atoms with Crippen LogP contribution in [-0.4, -0.2) is 50.9 Å². The van der Waals surface area contributed by atoms with Gasteiger partial charge in [0, 0.05) is 18.7 Å². The summed E-state index contributed by atoms with van der Waals surface area (Å²) in [4.78, 5) is 11.3. The smallest absolute Gasteiger partial charge is 0.266 e. The standard InChI is InChI=1S/C22H22F3N7O/c1-12(14-4-3-5-15(18(14)23)19(24)25)27-20-16-10-17(31-6-8-33-9-7-31)22-30-26-11-32(22)21(16)29-13(2)28-20/h3-5,10-12,19H,6-9H2,1-2H3,(H,27,28,29)/t12-/m1/s1. The number of pyridine rings is 1. The molecular formula is C22H22F3N7O. The summed E-state index contributed by atoms with van der Waals surface area (Å²) in [7, 11) is 0. The third-order valence-electron chi connectivity index (χ3n) is 5.79. The number of fused-ring (bicyclic) bond motifs is 3. The molecule has 4 heterocycles. The zero-order chi connectivity index (χ0) is 23.1. The lowest BCUT2D eigenvalue weighted by atomic mass is 10.0. The molecule has 3 aromatic heterocycles. The molecule has 0 amide bonds. The Morgan fingerprint density at radius 3 is 2.61 bits per heavy atom. The van der Waals surface area contributed by atoms with Crippen LogP contribution in [0, 0.1) is 12.7 Å². The van der Waals surface area contributed by atoms with Gasteiger partial charge >= 0.3 is 0 Å². The van der Waals surface area contributed by atoms with E-state index in [2.05, 4.69) is 30.4 Å². The lowest BCUT2D eigenvalue weighted by Gasteiger charge is -2.29. The van der Waals surface area contributed by atoms with Gasteiger partial charge in [0.2, 0.25) is 0 Å². The molecule has 33 heavy (non-hydrogen) atoms.